The van der Waals surface area contributed by atoms with Gasteiger partial charge in [0.05, 0.1) is 18.1 Å². The minimum absolute atomic E-state index is 0.135. The third kappa shape index (κ3) is 2.42. The lowest BCUT2D eigenvalue weighted by Crippen LogP contribution is -2.34. The average Bonchev–Trinajstić information content (AvgIpc) is 2.86. The van der Waals surface area contributed by atoms with Crippen LogP contribution in [0.3, 0.4) is 0 Å². The number of hydrogen-bond acceptors (Lipinski definition) is 4. The molecule has 3 N–H and O–H groups in total. The fraction of sp³-hybridized carbons (Fsp3) is 0.818. The van der Waals surface area contributed by atoms with Crippen molar-refractivity contribution < 1.29 is 24.9 Å². The van der Waals surface area contributed by atoms with Gasteiger partial charge in [-0.05, 0) is 19.3 Å². The van der Waals surface area contributed by atoms with Crippen LogP contribution >= 0.6 is 0 Å². The van der Waals surface area contributed by atoms with Crippen LogP contribution in [0.25, 0.3) is 0 Å². The number of likely N-dealkylation sites (tertiary alicyclic amines) is 1. The molecule has 96 valence electrons. The summed E-state index contributed by atoms with van der Waals surface area (Å²) in [6.45, 7) is 0.294. The Morgan fingerprint density at radius 3 is 2.00 bits per heavy atom. The minimum atomic E-state index is -0.879. The largest absolute Gasteiger partial charge is 0.481 e. The topological polar surface area (TPSA) is 98.1 Å². The highest BCUT2D eigenvalue weighted by Gasteiger charge is 2.39. The van der Waals surface area contributed by atoms with Crippen LogP contribution in [-0.2, 0) is 9.59 Å². The number of hydrogen-bond donors (Lipinski definition) is 3. The highest BCUT2D eigenvalue weighted by molar-refractivity contribution is 5.81. The number of β-amino-alcohol motifs (C(OH)–C–C–N with tert-alkyl or cyclic N) is 2. The standard InChI is InChI=1S/C11H17NO5/c13-8-4-12(5-9(8)14)10(15)6-1-2-7(3-6)11(16)17/h6-9,13-14H,1-5H2,(H,16,17)/t6-,7+,8?,9?/m1/s1. The minimum Gasteiger partial charge on any atom is -0.481 e. The molecule has 1 saturated carbocycles. The monoisotopic (exact) mass is 243 g/mol. The Bertz CT molecular complexity index is 322. The molecule has 0 aromatic rings. The zero-order valence-electron chi connectivity index (χ0n) is 9.45. The summed E-state index contributed by atoms with van der Waals surface area (Å²) in [7, 11) is 0. The first-order valence-corrected chi connectivity index (χ1v) is 5.86. The van der Waals surface area contributed by atoms with Gasteiger partial charge in [-0.25, -0.2) is 0 Å². The summed E-state index contributed by atoms with van der Waals surface area (Å²) < 4.78 is 0. The van der Waals surface area contributed by atoms with Gasteiger partial charge < -0.3 is 20.2 Å². The number of amides is 1. The van der Waals surface area contributed by atoms with Crippen molar-refractivity contribution in [1.29, 1.82) is 0 Å². The number of nitrogens with zero attached hydrogens (tertiary/aromatic N) is 1. The number of carboxylic acid groups (broad SMARTS) is 1. The van der Waals surface area contributed by atoms with Gasteiger partial charge in [-0.1, -0.05) is 0 Å². The van der Waals surface area contributed by atoms with E-state index in [4.69, 9.17) is 5.11 Å². The van der Waals surface area contributed by atoms with E-state index in [1.165, 1.54) is 4.90 Å². The van der Waals surface area contributed by atoms with Crippen LogP contribution in [0.1, 0.15) is 19.3 Å². The van der Waals surface area contributed by atoms with Crippen molar-refractivity contribution >= 4 is 11.9 Å². The van der Waals surface area contributed by atoms with Crippen molar-refractivity contribution in [2.75, 3.05) is 13.1 Å². The van der Waals surface area contributed by atoms with Crippen LogP contribution in [0.2, 0.25) is 0 Å². The number of aliphatic carboxylic acids is 1. The molecule has 17 heavy (non-hydrogen) atoms. The van der Waals surface area contributed by atoms with Crippen LogP contribution in [-0.4, -0.2) is 57.4 Å². The zero-order valence-corrected chi connectivity index (χ0v) is 9.45. The van der Waals surface area contributed by atoms with E-state index in [9.17, 15) is 19.8 Å². The van der Waals surface area contributed by atoms with Gasteiger partial charge in [-0.2, -0.15) is 0 Å². The molecule has 6 nitrogen and oxygen atoms in total. The van der Waals surface area contributed by atoms with Gasteiger partial charge in [-0.15, -0.1) is 0 Å². The molecule has 2 aliphatic rings. The molecular formula is C11H17NO5. The molecule has 0 bridgehead atoms. The Morgan fingerprint density at radius 2 is 1.53 bits per heavy atom. The molecule has 0 spiro atoms. The van der Waals surface area contributed by atoms with Crippen molar-refractivity contribution in [3.05, 3.63) is 0 Å². The molecule has 1 saturated heterocycles. The fourth-order valence-electron chi connectivity index (χ4n) is 2.64. The summed E-state index contributed by atoms with van der Waals surface area (Å²) in [6.07, 6.45) is -0.272. The lowest BCUT2D eigenvalue weighted by Gasteiger charge is -2.19. The molecule has 2 fully saturated rings. The van der Waals surface area contributed by atoms with E-state index in [-0.39, 0.29) is 24.9 Å². The van der Waals surface area contributed by atoms with Gasteiger partial charge in [-0.3, -0.25) is 9.59 Å². The summed E-state index contributed by atoms with van der Waals surface area (Å²) in [5, 5.41) is 27.6. The second-order valence-electron chi connectivity index (χ2n) is 4.92. The molecule has 0 aromatic heterocycles. The number of carbonyl (C=O) groups is 2. The van der Waals surface area contributed by atoms with Crippen molar-refractivity contribution in [2.24, 2.45) is 11.8 Å². The van der Waals surface area contributed by atoms with Gasteiger partial charge in [0, 0.05) is 19.0 Å². The third-order valence-corrected chi connectivity index (χ3v) is 3.70. The molecule has 2 unspecified atom stereocenters. The first-order valence-electron chi connectivity index (χ1n) is 5.86. The predicted molar refractivity (Wildman–Crippen MR) is 57.1 cm³/mol. The summed E-state index contributed by atoms with van der Waals surface area (Å²) in [5.41, 5.74) is 0. The molecule has 2 rings (SSSR count). The Hall–Kier alpha value is -1.14. The Morgan fingerprint density at radius 1 is 1.00 bits per heavy atom. The van der Waals surface area contributed by atoms with Crippen molar-refractivity contribution in [3.8, 4) is 0 Å². The maximum Gasteiger partial charge on any atom is 0.306 e. The zero-order chi connectivity index (χ0) is 12.6. The smallest absolute Gasteiger partial charge is 0.306 e. The van der Waals surface area contributed by atoms with Gasteiger partial charge in [0.25, 0.3) is 0 Å². The Balaban J connectivity index is 1.92. The van der Waals surface area contributed by atoms with E-state index >= 15 is 0 Å². The third-order valence-electron chi connectivity index (χ3n) is 3.70. The molecule has 1 amide bonds. The van der Waals surface area contributed by atoms with Crippen LogP contribution in [0, 0.1) is 11.8 Å². The molecule has 0 radical (unpaired) electrons. The number of carboxylic acids is 1. The lowest BCUT2D eigenvalue weighted by atomic mass is 10.0. The maximum atomic E-state index is 12.0. The summed E-state index contributed by atoms with van der Waals surface area (Å²) >= 11 is 0. The van der Waals surface area contributed by atoms with E-state index in [0.29, 0.717) is 19.3 Å². The molecule has 1 aliphatic heterocycles. The van der Waals surface area contributed by atoms with Gasteiger partial charge in [0.2, 0.25) is 5.91 Å². The molecule has 0 aromatic carbocycles. The van der Waals surface area contributed by atoms with E-state index in [2.05, 4.69) is 0 Å². The van der Waals surface area contributed by atoms with E-state index in [0.717, 1.165) is 0 Å². The van der Waals surface area contributed by atoms with E-state index in [1.54, 1.807) is 0 Å². The highest BCUT2D eigenvalue weighted by Crippen LogP contribution is 2.33. The molecule has 1 aliphatic carbocycles. The quantitative estimate of drug-likeness (QED) is 0.581. The van der Waals surface area contributed by atoms with Gasteiger partial charge >= 0.3 is 5.97 Å². The summed E-state index contributed by atoms with van der Waals surface area (Å²) in [6, 6.07) is 0. The van der Waals surface area contributed by atoms with E-state index in [1.807, 2.05) is 0 Å². The van der Waals surface area contributed by atoms with Crippen LogP contribution < -0.4 is 0 Å². The van der Waals surface area contributed by atoms with Crippen molar-refractivity contribution in [2.45, 2.75) is 31.5 Å². The van der Waals surface area contributed by atoms with E-state index < -0.39 is 24.1 Å². The van der Waals surface area contributed by atoms with Crippen LogP contribution in [0.5, 0.6) is 0 Å². The highest BCUT2D eigenvalue weighted by atomic mass is 16.4. The normalized spacial score (nSPS) is 37.4. The molecular weight excluding hydrogens is 226 g/mol. The molecule has 1 heterocycles. The second kappa shape index (κ2) is 4.62. The second-order valence-corrected chi connectivity index (χ2v) is 4.92. The first-order chi connectivity index (χ1) is 7.99. The number of aliphatic hydroxyl groups excluding tert-OH is 2. The molecule has 4 atom stereocenters. The van der Waals surface area contributed by atoms with Gasteiger partial charge in [0.15, 0.2) is 0 Å². The van der Waals surface area contributed by atoms with Crippen molar-refractivity contribution in [3.63, 3.8) is 0 Å². The van der Waals surface area contributed by atoms with Crippen LogP contribution in [0.15, 0.2) is 0 Å². The van der Waals surface area contributed by atoms with Gasteiger partial charge in [0.1, 0.15) is 0 Å². The summed E-state index contributed by atoms with van der Waals surface area (Å²) in [5.74, 6) is -1.68. The predicted octanol–water partition coefficient (Wildman–Crippen LogP) is -0.949. The maximum absolute atomic E-state index is 12.0. The van der Waals surface area contributed by atoms with Crippen molar-refractivity contribution in [1.82, 2.24) is 4.90 Å². The summed E-state index contributed by atoms with van der Waals surface area (Å²) in [4.78, 5) is 24.2. The number of aliphatic hydroxyl groups is 2. The van der Waals surface area contributed by atoms with Crippen LogP contribution in [0.4, 0.5) is 0 Å². The average molecular weight is 243 g/mol. The first kappa shape index (κ1) is 12.3. The SMILES string of the molecule is O=C(O)[C@H]1CC[C@@H](C(=O)N2CC(O)C(O)C2)C1. The Kier molecular flexibility index (Phi) is 3.35. The fourth-order valence-corrected chi connectivity index (χ4v) is 2.64. The lowest BCUT2D eigenvalue weighted by molar-refractivity contribution is -0.141. The number of rotatable bonds is 2. The molecule has 6 heteroatoms. The Labute approximate surface area is 98.8 Å². The number of carbonyl (C=O) groups excluding carboxylic acids is 1.